The number of aryl methyl sites for hydroxylation is 2. The van der Waals surface area contributed by atoms with Crippen LogP contribution >= 0.6 is 0 Å². The van der Waals surface area contributed by atoms with Crippen molar-refractivity contribution in [2.45, 2.75) is 26.4 Å². The summed E-state index contributed by atoms with van der Waals surface area (Å²) in [7, 11) is 0. The SMILES string of the molecule is Cc1cc(C)c2cc([C@@H](c3nnnn3Cc3ccccc3)N3CCN(c4ccccc4)CC3)c(=O)[nH]c2c1. The molecular weight excluding hydrogens is 474 g/mol. The summed E-state index contributed by atoms with van der Waals surface area (Å²) in [5.74, 6) is 0.677. The number of fused-ring (bicyclic) bond motifs is 1. The van der Waals surface area contributed by atoms with E-state index < -0.39 is 0 Å². The highest BCUT2D eigenvalue weighted by atomic mass is 16.1. The number of hydrogen-bond donors (Lipinski definition) is 1. The minimum Gasteiger partial charge on any atom is -0.369 e. The quantitative estimate of drug-likeness (QED) is 0.374. The Balaban J connectivity index is 1.41. The van der Waals surface area contributed by atoms with E-state index in [1.165, 1.54) is 5.69 Å². The minimum absolute atomic E-state index is 0.104. The number of para-hydroxylation sites is 1. The van der Waals surface area contributed by atoms with Crippen LogP contribution in [0.4, 0.5) is 5.69 Å². The van der Waals surface area contributed by atoms with Gasteiger partial charge < -0.3 is 9.88 Å². The second kappa shape index (κ2) is 10.2. The van der Waals surface area contributed by atoms with Crippen LogP contribution in [0.25, 0.3) is 10.9 Å². The number of aromatic nitrogens is 5. The van der Waals surface area contributed by atoms with Crippen LogP contribution in [0.3, 0.4) is 0 Å². The molecule has 1 atom stereocenters. The fraction of sp³-hybridized carbons (Fsp3) is 0.267. The largest absolute Gasteiger partial charge is 0.369 e. The highest BCUT2D eigenvalue weighted by Gasteiger charge is 2.33. The molecule has 1 N–H and O–H groups in total. The van der Waals surface area contributed by atoms with Crippen LogP contribution in [-0.2, 0) is 6.54 Å². The second-order valence-corrected chi connectivity index (χ2v) is 10.0. The average molecular weight is 506 g/mol. The molecule has 1 aliphatic rings. The third-order valence-electron chi connectivity index (χ3n) is 7.42. The monoisotopic (exact) mass is 505 g/mol. The van der Waals surface area contributed by atoms with Gasteiger partial charge in [-0.25, -0.2) is 4.68 Å². The highest BCUT2D eigenvalue weighted by molar-refractivity contribution is 5.83. The van der Waals surface area contributed by atoms with E-state index in [0.717, 1.165) is 53.8 Å². The molecule has 5 aromatic rings. The number of piperazine rings is 1. The number of benzene rings is 3. The van der Waals surface area contributed by atoms with Gasteiger partial charge in [-0.15, -0.1) is 5.10 Å². The summed E-state index contributed by atoms with van der Waals surface area (Å²) in [6.45, 7) is 7.93. The Bertz CT molecular complexity index is 1600. The molecule has 8 heteroatoms. The Labute approximate surface area is 221 Å². The van der Waals surface area contributed by atoms with E-state index in [4.69, 9.17) is 0 Å². The lowest BCUT2D eigenvalue weighted by atomic mass is 9.99. The van der Waals surface area contributed by atoms with Crippen molar-refractivity contribution < 1.29 is 0 Å². The van der Waals surface area contributed by atoms with Gasteiger partial charge in [0.2, 0.25) is 0 Å². The predicted molar refractivity (Wildman–Crippen MR) is 149 cm³/mol. The summed E-state index contributed by atoms with van der Waals surface area (Å²) in [4.78, 5) is 21.5. The number of tetrazole rings is 1. The smallest absolute Gasteiger partial charge is 0.253 e. The molecule has 0 spiro atoms. The van der Waals surface area contributed by atoms with Gasteiger partial charge in [0.15, 0.2) is 5.82 Å². The number of nitrogens with zero attached hydrogens (tertiary/aromatic N) is 6. The van der Waals surface area contributed by atoms with Gasteiger partial charge in [0.1, 0.15) is 6.04 Å². The average Bonchev–Trinajstić information content (AvgIpc) is 3.38. The van der Waals surface area contributed by atoms with Gasteiger partial charge in [0.25, 0.3) is 5.56 Å². The maximum Gasteiger partial charge on any atom is 0.253 e. The number of pyridine rings is 1. The Morgan fingerprint density at radius 1 is 0.895 bits per heavy atom. The van der Waals surface area contributed by atoms with Crippen LogP contribution in [0.2, 0.25) is 0 Å². The van der Waals surface area contributed by atoms with Crippen molar-refractivity contribution in [2.24, 2.45) is 0 Å². The zero-order valence-corrected chi connectivity index (χ0v) is 21.7. The van der Waals surface area contributed by atoms with Gasteiger partial charge >= 0.3 is 0 Å². The normalized spacial score (nSPS) is 15.2. The molecule has 1 saturated heterocycles. The minimum atomic E-state index is -0.375. The molecule has 6 rings (SSSR count). The molecule has 3 heterocycles. The molecule has 0 unspecified atom stereocenters. The third-order valence-corrected chi connectivity index (χ3v) is 7.42. The summed E-state index contributed by atoms with van der Waals surface area (Å²) in [6, 6.07) is 26.5. The molecule has 1 fully saturated rings. The van der Waals surface area contributed by atoms with E-state index in [9.17, 15) is 4.79 Å². The summed E-state index contributed by atoms with van der Waals surface area (Å²) < 4.78 is 1.83. The Morgan fingerprint density at radius 2 is 1.61 bits per heavy atom. The molecule has 1 aliphatic heterocycles. The van der Waals surface area contributed by atoms with Crippen LogP contribution in [0.15, 0.2) is 83.7 Å². The van der Waals surface area contributed by atoms with Gasteiger partial charge in [-0.2, -0.15) is 0 Å². The van der Waals surface area contributed by atoms with Gasteiger partial charge in [0, 0.05) is 48.3 Å². The van der Waals surface area contributed by atoms with Crippen molar-refractivity contribution in [1.29, 1.82) is 0 Å². The Morgan fingerprint density at radius 3 is 2.34 bits per heavy atom. The lowest BCUT2D eigenvalue weighted by Gasteiger charge is -2.39. The predicted octanol–water partition coefficient (Wildman–Crippen LogP) is 4.09. The molecule has 38 heavy (non-hydrogen) atoms. The number of nitrogens with one attached hydrogen (secondary N) is 1. The number of rotatable bonds is 6. The molecule has 2 aromatic heterocycles. The molecule has 0 amide bonds. The fourth-order valence-corrected chi connectivity index (χ4v) is 5.54. The van der Waals surface area contributed by atoms with E-state index in [1.807, 2.05) is 48.0 Å². The number of anilines is 1. The first kappa shape index (κ1) is 24.1. The van der Waals surface area contributed by atoms with Gasteiger partial charge in [-0.1, -0.05) is 54.6 Å². The first-order valence-electron chi connectivity index (χ1n) is 13.0. The lowest BCUT2D eigenvalue weighted by molar-refractivity contribution is 0.200. The Hall–Kier alpha value is -4.30. The second-order valence-electron chi connectivity index (χ2n) is 10.0. The van der Waals surface area contributed by atoms with Crippen LogP contribution in [-0.4, -0.2) is 56.3 Å². The maximum absolute atomic E-state index is 13.6. The van der Waals surface area contributed by atoms with Crippen molar-refractivity contribution in [3.05, 3.63) is 117 Å². The molecule has 0 bridgehead atoms. The standard InChI is InChI=1S/C30H31N7O/c1-21-17-22(2)25-19-26(30(38)31-27(25)18-21)28(29-32-33-34-37(29)20-23-9-5-3-6-10-23)36-15-13-35(14-16-36)24-11-7-4-8-12-24/h3-12,17-19,28H,13-16,20H2,1-2H3,(H,31,38)/t28-/m0/s1. The number of H-pyrrole nitrogens is 1. The summed E-state index contributed by atoms with van der Waals surface area (Å²) in [5.41, 5.74) is 5.99. The number of hydrogen-bond acceptors (Lipinski definition) is 6. The van der Waals surface area contributed by atoms with Crippen LogP contribution < -0.4 is 10.5 Å². The molecule has 0 aliphatic carbocycles. The van der Waals surface area contributed by atoms with Crippen molar-refractivity contribution in [1.82, 2.24) is 30.1 Å². The first-order valence-corrected chi connectivity index (χ1v) is 13.0. The van der Waals surface area contributed by atoms with Crippen LogP contribution in [0.1, 0.15) is 34.1 Å². The molecular formula is C30H31N7O. The van der Waals surface area contributed by atoms with E-state index >= 15 is 0 Å². The lowest BCUT2D eigenvalue weighted by Crippen LogP contribution is -2.49. The van der Waals surface area contributed by atoms with Crippen LogP contribution in [0, 0.1) is 13.8 Å². The Kier molecular flexibility index (Phi) is 6.47. The van der Waals surface area contributed by atoms with Crippen molar-refractivity contribution >= 4 is 16.6 Å². The van der Waals surface area contributed by atoms with Crippen molar-refractivity contribution in [2.75, 3.05) is 31.1 Å². The fourth-order valence-electron chi connectivity index (χ4n) is 5.54. The third kappa shape index (κ3) is 4.70. The summed E-state index contributed by atoms with van der Waals surface area (Å²) in [5, 5.41) is 13.9. The molecule has 0 saturated carbocycles. The zero-order chi connectivity index (χ0) is 26.1. The van der Waals surface area contributed by atoms with Gasteiger partial charge in [0.05, 0.1) is 6.54 Å². The maximum atomic E-state index is 13.6. The highest BCUT2D eigenvalue weighted by Crippen LogP contribution is 2.30. The van der Waals surface area contributed by atoms with Crippen molar-refractivity contribution in [3.63, 3.8) is 0 Å². The first-order chi connectivity index (χ1) is 18.6. The molecule has 192 valence electrons. The van der Waals surface area contributed by atoms with Crippen molar-refractivity contribution in [3.8, 4) is 0 Å². The van der Waals surface area contributed by atoms with E-state index in [2.05, 4.69) is 79.7 Å². The number of aromatic amines is 1. The zero-order valence-electron chi connectivity index (χ0n) is 21.7. The van der Waals surface area contributed by atoms with Gasteiger partial charge in [-0.05, 0) is 65.2 Å². The van der Waals surface area contributed by atoms with Crippen LogP contribution in [0.5, 0.6) is 0 Å². The summed E-state index contributed by atoms with van der Waals surface area (Å²) in [6.07, 6.45) is 0. The topological polar surface area (TPSA) is 82.9 Å². The van der Waals surface area contributed by atoms with E-state index in [-0.39, 0.29) is 11.6 Å². The summed E-state index contributed by atoms with van der Waals surface area (Å²) >= 11 is 0. The molecule has 3 aromatic carbocycles. The molecule has 0 radical (unpaired) electrons. The van der Waals surface area contributed by atoms with E-state index in [0.29, 0.717) is 17.9 Å². The van der Waals surface area contributed by atoms with E-state index in [1.54, 1.807) is 0 Å². The molecule has 8 nitrogen and oxygen atoms in total. The van der Waals surface area contributed by atoms with Gasteiger partial charge in [-0.3, -0.25) is 9.69 Å².